The van der Waals surface area contributed by atoms with E-state index in [1.807, 2.05) is 61.4 Å². The molecule has 5 heterocycles. The summed E-state index contributed by atoms with van der Waals surface area (Å²) in [7, 11) is 0. The van der Waals surface area contributed by atoms with Gasteiger partial charge in [0.2, 0.25) is 0 Å². The molecule has 0 bridgehead atoms. The van der Waals surface area contributed by atoms with Crippen molar-refractivity contribution < 1.29 is 0 Å². The van der Waals surface area contributed by atoms with Gasteiger partial charge in [0.15, 0.2) is 0 Å². The van der Waals surface area contributed by atoms with Crippen LogP contribution in [0.2, 0.25) is 0 Å². The molecule has 0 spiro atoms. The second kappa shape index (κ2) is 31.4. The Morgan fingerprint density at radius 3 is 0.430 bits per heavy atom. The average Bonchev–Trinajstić information content (AvgIpc) is 0.842. The zero-order valence-corrected chi connectivity index (χ0v) is 62.3. The van der Waals surface area contributed by atoms with Gasteiger partial charge in [0.25, 0.3) is 0 Å². The van der Waals surface area contributed by atoms with Crippen LogP contribution >= 0.6 is 0 Å². The van der Waals surface area contributed by atoms with Crippen LogP contribution in [0.15, 0.2) is 438 Å². The predicted molar refractivity (Wildman–Crippen MR) is 471 cm³/mol. The minimum Gasteiger partial charge on any atom is -0.256 e. The van der Waals surface area contributed by atoms with Crippen LogP contribution < -0.4 is 0 Å². The summed E-state index contributed by atoms with van der Waals surface area (Å²) in [5.41, 5.74) is 37.8. The first-order valence-electron chi connectivity index (χ1n) is 38.5. The van der Waals surface area contributed by atoms with Crippen LogP contribution in [-0.4, -0.2) is 29.9 Å². The van der Waals surface area contributed by atoms with Gasteiger partial charge in [0.1, 0.15) is 0 Å². The summed E-state index contributed by atoms with van der Waals surface area (Å²) < 4.78 is 0. The fourth-order valence-electron chi connectivity index (χ4n) is 15.7. The molecular formula is C108H72N6. The number of nitrogens with zero attached hydrogens (tertiary/aromatic N) is 6. The highest BCUT2D eigenvalue weighted by Gasteiger charge is 2.21. The fraction of sp³-hybridized carbons (Fsp3) is 0. The van der Waals surface area contributed by atoms with Gasteiger partial charge in [0.05, 0.1) is 46.6 Å². The molecule has 0 atom stereocenters. The van der Waals surface area contributed by atoms with Crippen LogP contribution in [0.4, 0.5) is 0 Å². The molecule has 0 aliphatic rings. The molecule has 0 saturated heterocycles. The van der Waals surface area contributed by atoms with Gasteiger partial charge in [-0.25, -0.2) is 0 Å². The first-order valence-corrected chi connectivity index (χ1v) is 38.5. The molecule has 0 unspecified atom stereocenters. The Morgan fingerprint density at radius 1 is 0.0965 bits per heavy atom. The first kappa shape index (κ1) is 69.2. The molecule has 19 rings (SSSR count). The van der Waals surface area contributed by atoms with Crippen molar-refractivity contribution in [1.82, 2.24) is 29.9 Å². The monoisotopic (exact) mass is 1450 g/mol. The molecule has 0 saturated carbocycles. The minimum atomic E-state index is 0.788. The van der Waals surface area contributed by atoms with Crippen molar-refractivity contribution >= 4 is 0 Å². The topological polar surface area (TPSA) is 77.3 Å². The highest BCUT2D eigenvalue weighted by Crippen LogP contribution is 2.46. The van der Waals surface area contributed by atoms with E-state index in [0.29, 0.717) is 0 Å². The molecular weight excluding hydrogens is 1380 g/mol. The molecule has 0 aliphatic heterocycles. The molecule has 6 heteroatoms. The summed E-state index contributed by atoms with van der Waals surface area (Å²) in [5, 5.41) is 0. The molecule has 114 heavy (non-hydrogen) atoms. The largest absolute Gasteiger partial charge is 0.256 e. The quantitative estimate of drug-likeness (QED) is 0.0852. The first-order chi connectivity index (χ1) is 56.5. The van der Waals surface area contributed by atoms with E-state index in [0.717, 1.165) is 201 Å². The molecule has 0 fully saturated rings. The van der Waals surface area contributed by atoms with Crippen molar-refractivity contribution in [2.24, 2.45) is 0 Å². The highest BCUT2D eigenvalue weighted by atomic mass is 14.8. The third-order valence-corrected chi connectivity index (χ3v) is 21.5. The second-order valence-electron chi connectivity index (χ2n) is 28.5. The zero-order valence-electron chi connectivity index (χ0n) is 62.3. The van der Waals surface area contributed by atoms with Crippen LogP contribution in [0, 0.1) is 0 Å². The van der Waals surface area contributed by atoms with Gasteiger partial charge in [-0.2, -0.15) is 0 Å². The average molecular weight is 1450 g/mol. The molecule has 534 valence electrons. The molecule has 0 aliphatic carbocycles. The third kappa shape index (κ3) is 14.3. The molecule has 0 N–H and O–H groups in total. The van der Waals surface area contributed by atoms with Gasteiger partial charge >= 0.3 is 0 Å². The zero-order chi connectivity index (χ0) is 75.9. The highest BCUT2D eigenvalue weighted by molar-refractivity contribution is 5.97. The molecule has 0 radical (unpaired) electrons. The minimum absolute atomic E-state index is 0.788. The maximum atomic E-state index is 5.07. The van der Waals surface area contributed by atoms with Crippen molar-refractivity contribution in [2.75, 3.05) is 0 Å². The Hall–Kier alpha value is -15.2. The summed E-state index contributed by atoms with van der Waals surface area (Å²) in [6, 6.07) is 142. The molecule has 6 nitrogen and oxygen atoms in total. The number of benzene rings is 14. The van der Waals surface area contributed by atoms with Gasteiger partial charge in [-0.15, -0.1) is 0 Å². The summed E-state index contributed by atoms with van der Waals surface area (Å²) in [6.45, 7) is 0. The summed E-state index contributed by atoms with van der Waals surface area (Å²) in [6.07, 6.45) is 11.8. The number of aromatic nitrogens is 6. The van der Waals surface area contributed by atoms with Gasteiger partial charge < -0.3 is 0 Å². The van der Waals surface area contributed by atoms with Crippen LogP contribution in [0.25, 0.3) is 201 Å². The molecule has 19 aromatic rings. The number of pyridine rings is 4. The molecule has 5 aromatic heterocycles. The smallest absolute Gasteiger partial charge is 0.0885 e. The second-order valence-corrected chi connectivity index (χ2v) is 28.5. The van der Waals surface area contributed by atoms with Gasteiger partial charge in [-0.3, -0.25) is 29.9 Å². The number of hydrogen-bond donors (Lipinski definition) is 0. The molecule has 14 aromatic carbocycles. The lowest BCUT2D eigenvalue weighted by molar-refractivity contribution is 1.21. The lowest BCUT2D eigenvalue weighted by Gasteiger charge is -2.18. The summed E-state index contributed by atoms with van der Waals surface area (Å²) >= 11 is 0. The Bertz CT molecular complexity index is 5920. The Kier molecular flexibility index (Phi) is 19.1. The van der Waals surface area contributed by atoms with Gasteiger partial charge in [0, 0.05) is 80.4 Å². The normalized spacial score (nSPS) is 11.2. The Labute approximate surface area is 664 Å². The van der Waals surface area contributed by atoms with Crippen LogP contribution in [0.1, 0.15) is 0 Å². The molecule has 0 amide bonds. The van der Waals surface area contributed by atoms with E-state index in [1.165, 1.54) is 0 Å². The SMILES string of the molecule is c1ccc(-c2ccc(-c3ccccc3-c3cc(-c4ccccc4-c4ccc(-c5cnc(-c6ccc(-c7ccccc7-c7cc(-c8ccccc8-c8ccc(-c9ccccc9)nc8)cc(-c8ccccc8-c8ccc(-c9ccccc9)nc8)c7)cc6)cn5)cc4)cc(-c4ccccc4-c4ccc(-c5ccccc5)nc4)c3)cn2)cc1. The van der Waals surface area contributed by atoms with E-state index in [-0.39, 0.29) is 0 Å². The van der Waals surface area contributed by atoms with Crippen molar-refractivity contribution in [3.63, 3.8) is 0 Å². The maximum absolute atomic E-state index is 5.07. The van der Waals surface area contributed by atoms with Gasteiger partial charge in [-0.1, -0.05) is 340 Å². The van der Waals surface area contributed by atoms with Crippen LogP contribution in [-0.2, 0) is 0 Å². The summed E-state index contributed by atoms with van der Waals surface area (Å²) in [4.78, 5) is 30.1. The Balaban J connectivity index is 0.627. The van der Waals surface area contributed by atoms with E-state index in [4.69, 9.17) is 29.9 Å². The Morgan fingerprint density at radius 2 is 0.246 bits per heavy atom. The van der Waals surface area contributed by atoms with E-state index >= 15 is 0 Å². The summed E-state index contributed by atoms with van der Waals surface area (Å²) in [5.74, 6) is 0. The van der Waals surface area contributed by atoms with E-state index in [2.05, 4.69) is 376 Å². The maximum Gasteiger partial charge on any atom is 0.0885 e. The number of rotatable bonds is 18. The standard InChI is InChI=1S/C108H72N6/c1-5-25-75(26-6-1)103-57-53-81(67-109-103)93-35-15-21-41-99(93)87-61-85(62-88(65-87)100-42-22-16-36-94(100)82-54-58-104(110-68-82)76-27-7-2-8-28-76)97-39-19-13-33-91(97)73-45-49-79(50-46-73)107-71-114-108(72-113-107)80-51-47-74(48-52-80)92-34-14-20-40-98(92)86-63-89(101-43-23-17-37-95(101)83-55-59-105(111-69-83)77-29-9-3-10-30-77)66-90(64-86)102-44-24-18-38-96(102)84-56-60-106(112-70-84)78-31-11-4-12-32-78/h1-72H. The van der Waals surface area contributed by atoms with Crippen LogP contribution in [0.5, 0.6) is 0 Å². The lowest BCUT2D eigenvalue weighted by Crippen LogP contribution is -1.93. The predicted octanol–water partition coefficient (Wildman–Crippen LogP) is 28.1. The van der Waals surface area contributed by atoms with E-state index in [1.54, 1.807) is 0 Å². The van der Waals surface area contributed by atoms with E-state index < -0.39 is 0 Å². The van der Waals surface area contributed by atoms with Gasteiger partial charge in [-0.05, 0) is 172 Å². The van der Waals surface area contributed by atoms with Crippen molar-refractivity contribution in [3.8, 4) is 201 Å². The number of hydrogen-bond acceptors (Lipinski definition) is 6. The van der Waals surface area contributed by atoms with Crippen molar-refractivity contribution in [1.29, 1.82) is 0 Å². The third-order valence-electron chi connectivity index (χ3n) is 21.5. The van der Waals surface area contributed by atoms with Crippen LogP contribution in [0.3, 0.4) is 0 Å². The van der Waals surface area contributed by atoms with Crippen molar-refractivity contribution in [2.45, 2.75) is 0 Å². The van der Waals surface area contributed by atoms with E-state index in [9.17, 15) is 0 Å². The van der Waals surface area contributed by atoms with Crippen molar-refractivity contribution in [3.05, 3.63) is 438 Å². The lowest BCUT2D eigenvalue weighted by atomic mass is 9.86. The fourth-order valence-corrected chi connectivity index (χ4v) is 15.7.